The quantitative estimate of drug-likeness (QED) is 0.772. The Labute approximate surface area is 88.7 Å². The highest BCUT2D eigenvalue weighted by Crippen LogP contribution is 2.35. The Morgan fingerprint density at radius 3 is 2.57 bits per heavy atom. The van der Waals surface area contributed by atoms with Crippen LogP contribution in [0.3, 0.4) is 0 Å². The molecule has 0 radical (unpaired) electrons. The largest absolute Gasteiger partial charge is 0.506 e. The third-order valence-corrected chi connectivity index (χ3v) is 2.84. The van der Waals surface area contributed by atoms with E-state index in [0.29, 0.717) is 10.6 Å². The topological polar surface area (TPSA) is 44.0 Å². The van der Waals surface area contributed by atoms with Crippen LogP contribution in [0.15, 0.2) is 6.07 Å². The predicted octanol–water partition coefficient (Wildman–Crippen LogP) is 3.29. The zero-order valence-corrected chi connectivity index (χ0v) is 9.18. The van der Waals surface area contributed by atoms with Crippen molar-refractivity contribution >= 4 is 11.6 Å². The Balaban J connectivity index is 3.42. The molecule has 0 bridgehead atoms. The number of halogens is 1. The smallest absolute Gasteiger partial charge is 0.137 e. The van der Waals surface area contributed by atoms with Crippen LogP contribution in [-0.2, 0) is 0 Å². The highest BCUT2D eigenvalue weighted by atomic mass is 35.5. The Hall–Kier alpha value is -1.20. The fourth-order valence-electron chi connectivity index (χ4n) is 1.41. The van der Waals surface area contributed by atoms with Crippen molar-refractivity contribution in [3.63, 3.8) is 0 Å². The summed E-state index contributed by atoms with van der Waals surface area (Å²) in [6, 6.07) is 3.97. The van der Waals surface area contributed by atoms with Crippen molar-refractivity contribution in [2.75, 3.05) is 0 Å². The summed E-state index contributed by atoms with van der Waals surface area (Å²) >= 11 is 5.93. The standard InChI is InChI=1S/C11H12ClNO/c1-6-4-9(7(2)5-13)8(3)10(12)11(6)14/h4,7,14H,1-3H3. The van der Waals surface area contributed by atoms with Gasteiger partial charge in [-0.3, -0.25) is 0 Å². The molecule has 0 saturated heterocycles. The molecule has 0 saturated carbocycles. The first-order valence-electron chi connectivity index (χ1n) is 4.37. The summed E-state index contributed by atoms with van der Waals surface area (Å²) in [4.78, 5) is 0. The number of nitriles is 1. The van der Waals surface area contributed by atoms with E-state index in [2.05, 4.69) is 6.07 Å². The van der Waals surface area contributed by atoms with E-state index in [1.165, 1.54) is 0 Å². The second-order valence-electron chi connectivity index (χ2n) is 3.42. The van der Waals surface area contributed by atoms with Crippen molar-refractivity contribution in [1.29, 1.82) is 5.26 Å². The predicted molar refractivity (Wildman–Crippen MR) is 56.6 cm³/mol. The summed E-state index contributed by atoms with van der Waals surface area (Å²) in [5.74, 6) is -0.0927. The average Bonchev–Trinajstić information content (AvgIpc) is 2.19. The highest BCUT2D eigenvalue weighted by Gasteiger charge is 2.14. The molecule has 2 nitrogen and oxygen atoms in total. The van der Waals surface area contributed by atoms with E-state index in [0.717, 1.165) is 11.1 Å². The number of hydrogen-bond donors (Lipinski definition) is 1. The summed E-state index contributed by atoms with van der Waals surface area (Å²) in [7, 11) is 0. The monoisotopic (exact) mass is 209 g/mol. The van der Waals surface area contributed by atoms with E-state index >= 15 is 0 Å². The molecule has 0 aliphatic heterocycles. The van der Waals surface area contributed by atoms with Gasteiger partial charge in [0, 0.05) is 0 Å². The van der Waals surface area contributed by atoms with Gasteiger partial charge in [-0.2, -0.15) is 5.26 Å². The maximum absolute atomic E-state index is 9.55. The molecule has 1 N–H and O–H groups in total. The molecule has 3 heteroatoms. The van der Waals surface area contributed by atoms with Gasteiger partial charge in [-0.05, 0) is 37.5 Å². The van der Waals surface area contributed by atoms with E-state index in [4.69, 9.17) is 16.9 Å². The van der Waals surface area contributed by atoms with E-state index in [1.54, 1.807) is 6.92 Å². The summed E-state index contributed by atoms with van der Waals surface area (Å²) < 4.78 is 0. The van der Waals surface area contributed by atoms with E-state index in [-0.39, 0.29) is 11.7 Å². The fourth-order valence-corrected chi connectivity index (χ4v) is 1.66. The minimum absolute atomic E-state index is 0.109. The first-order chi connectivity index (χ1) is 6.49. The van der Waals surface area contributed by atoms with Gasteiger partial charge in [0.25, 0.3) is 0 Å². The zero-order valence-electron chi connectivity index (χ0n) is 8.43. The second-order valence-corrected chi connectivity index (χ2v) is 3.80. The third kappa shape index (κ3) is 1.69. The number of rotatable bonds is 1. The molecule has 0 aliphatic rings. The minimum Gasteiger partial charge on any atom is -0.506 e. The molecular weight excluding hydrogens is 198 g/mol. The van der Waals surface area contributed by atoms with Crippen LogP contribution in [0.4, 0.5) is 0 Å². The first kappa shape index (κ1) is 10.9. The molecule has 0 aromatic heterocycles. The van der Waals surface area contributed by atoms with Crippen molar-refractivity contribution in [3.8, 4) is 11.8 Å². The number of nitrogens with zero attached hydrogens (tertiary/aromatic N) is 1. The van der Waals surface area contributed by atoms with E-state index in [1.807, 2.05) is 19.9 Å². The van der Waals surface area contributed by atoms with Crippen LogP contribution >= 0.6 is 11.6 Å². The fraction of sp³-hybridized carbons (Fsp3) is 0.364. The van der Waals surface area contributed by atoms with Crippen LogP contribution < -0.4 is 0 Å². The van der Waals surface area contributed by atoms with Gasteiger partial charge >= 0.3 is 0 Å². The lowest BCUT2D eigenvalue weighted by Gasteiger charge is -2.12. The molecule has 1 aromatic carbocycles. The van der Waals surface area contributed by atoms with Crippen molar-refractivity contribution < 1.29 is 5.11 Å². The van der Waals surface area contributed by atoms with Gasteiger partial charge in [0.1, 0.15) is 5.75 Å². The molecule has 74 valence electrons. The molecule has 1 unspecified atom stereocenters. The molecule has 0 heterocycles. The SMILES string of the molecule is Cc1cc(C(C)C#N)c(C)c(Cl)c1O. The number of benzene rings is 1. The van der Waals surface area contributed by atoms with Gasteiger partial charge < -0.3 is 5.11 Å². The van der Waals surface area contributed by atoms with Crippen LogP contribution in [0.1, 0.15) is 29.5 Å². The third-order valence-electron chi connectivity index (χ3n) is 2.38. The molecule has 0 spiro atoms. The Bertz CT molecular complexity index is 407. The number of aryl methyl sites for hydroxylation is 1. The second kappa shape index (κ2) is 3.89. The molecule has 1 rings (SSSR count). The van der Waals surface area contributed by atoms with Crippen LogP contribution in [0.25, 0.3) is 0 Å². The molecule has 14 heavy (non-hydrogen) atoms. The van der Waals surface area contributed by atoms with Crippen molar-refractivity contribution in [3.05, 3.63) is 27.8 Å². The zero-order chi connectivity index (χ0) is 10.9. The Morgan fingerprint density at radius 2 is 2.07 bits per heavy atom. The lowest BCUT2D eigenvalue weighted by atomic mass is 9.95. The Kier molecular flexibility index (Phi) is 3.03. The van der Waals surface area contributed by atoms with Crippen molar-refractivity contribution in [2.24, 2.45) is 0 Å². The van der Waals surface area contributed by atoms with Gasteiger partial charge in [-0.1, -0.05) is 17.7 Å². The van der Waals surface area contributed by atoms with Gasteiger partial charge in [-0.15, -0.1) is 0 Å². The lowest BCUT2D eigenvalue weighted by molar-refractivity contribution is 0.470. The maximum atomic E-state index is 9.55. The van der Waals surface area contributed by atoms with Crippen LogP contribution in [-0.4, -0.2) is 5.11 Å². The normalized spacial score (nSPS) is 12.2. The van der Waals surface area contributed by atoms with Crippen molar-refractivity contribution in [2.45, 2.75) is 26.7 Å². The van der Waals surface area contributed by atoms with Crippen LogP contribution in [0.5, 0.6) is 5.75 Å². The van der Waals surface area contributed by atoms with Gasteiger partial charge in [-0.25, -0.2) is 0 Å². The Morgan fingerprint density at radius 1 is 1.50 bits per heavy atom. The minimum atomic E-state index is -0.202. The van der Waals surface area contributed by atoms with Crippen LogP contribution in [0.2, 0.25) is 5.02 Å². The van der Waals surface area contributed by atoms with Crippen molar-refractivity contribution in [1.82, 2.24) is 0 Å². The summed E-state index contributed by atoms with van der Waals surface area (Å²) in [5.41, 5.74) is 2.37. The summed E-state index contributed by atoms with van der Waals surface area (Å²) in [6.45, 7) is 5.40. The number of phenols is 1. The van der Waals surface area contributed by atoms with E-state index < -0.39 is 0 Å². The van der Waals surface area contributed by atoms with Gasteiger partial charge in [0.15, 0.2) is 0 Å². The first-order valence-corrected chi connectivity index (χ1v) is 4.75. The molecular formula is C11H12ClNO. The molecule has 0 amide bonds. The number of phenolic OH excluding ortho intramolecular Hbond substituents is 1. The summed E-state index contributed by atoms with van der Waals surface area (Å²) in [5, 5.41) is 18.7. The summed E-state index contributed by atoms with van der Waals surface area (Å²) in [6.07, 6.45) is 0. The molecule has 1 aromatic rings. The van der Waals surface area contributed by atoms with Gasteiger partial charge in [0.2, 0.25) is 0 Å². The van der Waals surface area contributed by atoms with Crippen LogP contribution in [0, 0.1) is 25.2 Å². The number of hydrogen-bond acceptors (Lipinski definition) is 2. The maximum Gasteiger partial charge on any atom is 0.137 e. The number of aromatic hydroxyl groups is 1. The lowest BCUT2D eigenvalue weighted by Crippen LogP contribution is -1.96. The molecule has 0 fully saturated rings. The molecule has 0 aliphatic carbocycles. The molecule has 1 atom stereocenters. The average molecular weight is 210 g/mol. The van der Waals surface area contributed by atoms with E-state index in [9.17, 15) is 5.11 Å². The van der Waals surface area contributed by atoms with Gasteiger partial charge in [0.05, 0.1) is 17.0 Å². The highest BCUT2D eigenvalue weighted by molar-refractivity contribution is 6.33.